The summed E-state index contributed by atoms with van der Waals surface area (Å²) in [6, 6.07) is 16.5. The van der Waals surface area contributed by atoms with E-state index in [0.29, 0.717) is 17.4 Å². The van der Waals surface area contributed by atoms with Crippen molar-refractivity contribution in [1.29, 1.82) is 0 Å². The Bertz CT molecular complexity index is 1520. The van der Waals surface area contributed by atoms with E-state index in [1.165, 1.54) is 12.1 Å². The number of aromatic nitrogens is 2. The molecule has 252 valence electrons. The number of aliphatic hydroxyl groups is 2. The molecule has 11 nitrogen and oxygen atoms in total. The molecule has 4 rings (SSSR count). The summed E-state index contributed by atoms with van der Waals surface area (Å²) in [5.74, 6) is -1.08. The number of aliphatic hydroxyl groups excluding tert-OH is 2. The first-order chi connectivity index (χ1) is 22.0. The molecule has 1 aliphatic heterocycles. The zero-order valence-corrected chi connectivity index (χ0v) is 28.6. The topological polar surface area (TPSA) is 149 Å². The lowest BCUT2D eigenvalue weighted by atomic mass is 9.76. The number of rotatable bonds is 13. The quantitative estimate of drug-likeness (QED) is 0.140. The molecule has 1 saturated heterocycles. The normalized spacial score (nSPS) is 17.5. The second kappa shape index (κ2) is 14.8. The van der Waals surface area contributed by atoms with E-state index in [-0.39, 0.29) is 23.9 Å². The number of ether oxygens (including phenoxy) is 2. The van der Waals surface area contributed by atoms with Crippen molar-refractivity contribution >= 4 is 36.1 Å². The first-order valence-electron chi connectivity index (χ1n) is 15.6. The van der Waals surface area contributed by atoms with E-state index < -0.39 is 54.2 Å². The fraction of sp³-hybridized carbons (Fsp3) is 0.471. The lowest BCUT2D eigenvalue weighted by Crippen LogP contribution is -2.50. The highest BCUT2D eigenvalue weighted by atomic mass is 35.5. The van der Waals surface area contributed by atoms with Crippen molar-refractivity contribution in [3.05, 3.63) is 88.2 Å². The van der Waals surface area contributed by atoms with Gasteiger partial charge in [0.1, 0.15) is 11.7 Å². The predicted octanol–water partition coefficient (Wildman–Crippen LogP) is 3.66. The van der Waals surface area contributed by atoms with Crippen molar-refractivity contribution in [3.8, 4) is 0 Å². The Kier molecular flexibility index (Phi) is 11.5. The van der Waals surface area contributed by atoms with Gasteiger partial charge in [-0.3, -0.25) is 4.79 Å². The molecule has 0 bridgehead atoms. The molecule has 2 aromatic carbocycles. The van der Waals surface area contributed by atoms with Gasteiger partial charge in [0.05, 0.1) is 22.8 Å². The standard InChI is InChI=1S/C34H43BClN3O8/c1-8-44-31(43)28(40)26(37-29(41)25-17-18-27(36)39-38-25)19-21-13-15-22(16-14-21)20-32(2,3)45-30(42)23-11-9-10-12-24(23)35-46-33(4,5)34(6,7)47-35/h9-18,26,28,31,40,43H,8,19-20H2,1-7H3,(H,37,41). The maximum Gasteiger partial charge on any atom is 0.495 e. The van der Waals surface area contributed by atoms with E-state index in [2.05, 4.69) is 15.5 Å². The van der Waals surface area contributed by atoms with Crippen LogP contribution in [0.3, 0.4) is 0 Å². The van der Waals surface area contributed by atoms with Crippen LogP contribution in [0.2, 0.25) is 5.15 Å². The summed E-state index contributed by atoms with van der Waals surface area (Å²) in [7, 11) is -0.708. The summed E-state index contributed by atoms with van der Waals surface area (Å²) < 4.78 is 23.6. The van der Waals surface area contributed by atoms with Crippen LogP contribution in [-0.4, -0.2) is 81.3 Å². The molecule has 0 radical (unpaired) electrons. The van der Waals surface area contributed by atoms with Crippen LogP contribution in [0.15, 0.2) is 60.7 Å². The molecular formula is C34H43BClN3O8. The maximum atomic E-state index is 13.5. The summed E-state index contributed by atoms with van der Waals surface area (Å²) in [6.07, 6.45) is -2.37. The number of nitrogens with zero attached hydrogens (tertiary/aromatic N) is 2. The molecule has 3 atom stereocenters. The van der Waals surface area contributed by atoms with E-state index in [0.717, 1.165) is 11.1 Å². The van der Waals surface area contributed by atoms with E-state index in [1.54, 1.807) is 19.1 Å². The molecule has 3 unspecified atom stereocenters. The summed E-state index contributed by atoms with van der Waals surface area (Å²) >= 11 is 5.78. The third-order valence-corrected chi connectivity index (χ3v) is 8.59. The Morgan fingerprint density at radius 1 is 0.957 bits per heavy atom. The Hall–Kier alpha value is -3.39. The van der Waals surface area contributed by atoms with Crippen molar-refractivity contribution in [2.45, 2.75) is 96.5 Å². The van der Waals surface area contributed by atoms with Gasteiger partial charge in [-0.15, -0.1) is 10.2 Å². The van der Waals surface area contributed by atoms with Crippen LogP contribution in [0.25, 0.3) is 0 Å². The third-order valence-electron chi connectivity index (χ3n) is 8.39. The fourth-order valence-electron chi connectivity index (χ4n) is 5.14. The number of nitrogens with one attached hydrogen (secondary N) is 1. The lowest BCUT2D eigenvalue weighted by molar-refractivity contribution is -0.165. The Morgan fingerprint density at radius 2 is 1.57 bits per heavy atom. The highest BCUT2D eigenvalue weighted by molar-refractivity contribution is 6.63. The molecule has 0 saturated carbocycles. The van der Waals surface area contributed by atoms with Gasteiger partial charge in [0.25, 0.3) is 5.91 Å². The molecule has 0 spiro atoms. The van der Waals surface area contributed by atoms with Crippen molar-refractivity contribution < 1.29 is 38.6 Å². The highest BCUT2D eigenvalue weighted by Gasteiger charge is 2.52. The van der Waals surface area contributed by atoms with Crippen LogP contribution >= 0.6 is 11.6 Å². The van der Waals surface area contributed by atoms with E-state index >= 15 is 0 Å². The van der Waals surface area contributed by atoms with E-state index in [1.807, 2.05) is 77.9 Å². The van der Waals surface area contributed by atoms with E-state index in [9.17, 15) is 19.8 Å². The molecule has 0 aliphatic carbocycles. The van der Waals surface area contributed by atoms with Crippen molar-refractivity contribution in [3.63, 3.8) is 0 Å². The minimum Gasteiger partial charge on any atom is -0.456 e. The molecular weight excluding hydrogens is 625 g/mol. The zero-order chi connectivity index (χ0) is 34.6. The average Bonchev–Trinajstić information content (AvgIpc) is 3.23. The van der Waals surface area contributed by atoms with Crippen LogP contribution in [0.4, 0.5) is 0 Å². The van der Waals surface area contributed by atoms with E-state index in [4.69, 9.17) is 30.4 Å². The molecule has 47 heavy (non-hydrogen) atoms. The van der Waals surface area contributed by atoms with Crippen LogP contribution in [0.5, 0.6) is 0 Å². The minimum absolute atomic E-state index is 0.00298. The molecule has 1 aromatic heterocycles. The third kappa shape index (κ3) is 9.16. The molecule has 3 N–H and O–H groups in total. The summed E-state index contributed by atoms with van der Waals surface area (Å²) in [5.41, 5.74) is 0.681. The lowest BCUT2D eigenvalue weighted by Gasteiger charge is -2.32. The zero-order valence-electron chi connectivity index (χ0n) is 27.8. The molecule has 1 aliphatic rings. The number of halogens is 1. The van der Waals surface area contributed by atoms with Gasteiger partial charge in [0.15, 0.2) is 17.1 Å². The van der Waals surface area contributed by atoms with Gasteiger partial charge in [-0.1, -0.05) is 54.1 Å². The molecule has 3 aromatic rings. The molecule has 1 fully saturated rings. The van der Waals surface area contributed by atoms with Crippen molar-refractivity contribution in [2.75, 3.05) is 6.61 Å². The Morgan fingerprint density at radius 3 is 2.17 bits per heavy atom. The van der Waals surface area contributed by atoms with Crippen LogP contribution in [0, 0.1) is 0 Å². The number of carbonyl (C=O) groups excluding carboxylic acids is 2. The SMILES string of the molecule is CCOC(O)C(O)C(Cc1ccc(CC(C)(C)OC(=O)c2ccccc2B2OC(C)(C)C(C)(C)O2)cc1)NC(=O)c1ccc(Cl)nn1. The second-order valence-corrected chi connectivity index (χ2v) is 13.6. The summed E-state index contributed by atoms with van der Waals surface area (Å²) in [5, 5.41) is 31.4. The van der Waals surface area contributed by atoms with Gasteiger partial charge in [0, 0.05) is 13.0 Å². The monoisotopic (exact) mass is 667 g/mol. The van der Waals surface area contributed by atoms with Gasteiger partial charge < -0.3 is 34.3 Å². The van der Waals surface area contributed by atoms with Crippen LogP contribution in [0.1, 0.15) is 80.4 Å². The van der Waals surface area contributed by atoms with Crippen molar-refractivity contribution in [1.82, 2.24) is 15.5 Å². The number of esters is 1. The number of amides is 1. The van der Waals surface area contributed by atoms with Crippen molar-refractivity contribution in [2.24, 2.45) is 0 Å². The second-order valence-electron chi connectivity index (χ2n) is 13.2. The largest absolute Gasteiger partial charge is 0.495 e. The highest BCUT2D eigenvalue weighted by Crippen LogP contribution is 2.36. The number of hydrogen-bond donors (Lipinski definition) is 3. The smallest absolute Gasteiger partial charge is 0.456 e. The van der Waals surface area contributed by atoms with Gasteiger partial charge >= 0.3 is 13.1 Å². The van der Waals surface area contributed by atoms with Gasteiger partial charge in [0.2, 0.25) is 0 Å². The van der Waals surface area contributed by atoms with Gasteiger partial charge in [-0.2, -0.15) is 0 Å². The molecule has 13 heteroatoms. The van der Waals surface area contributed by atoms with Crippen LogP contribution in [-0.2, 0) is 31.6 Å². The summed E-state index contributed by atoms with van der Waals surface area (Å²) in [4.78, 5) is 26.3. The molecule has 1 amide bonds. The molecule has 2 heterocycles. The number of carbonyl (C=O) groups is 2. The summed E-state index contributed by atoms with van der Waals surface area (Å²) in [6.45, 7) is 13.4. The fourth-order valence-corrected chi connectivity index (χ4v) is 5.24. The Labute approximate surface area is 281 Å². The first-order valence-corrected chi connectivity index (χ1v) is 15.9. The van der Waals surface area contributed by atoms with Gasteiger partial charge in [-0.05, 0) is 89.7 Å². The Balaban J connectivity index is 1.43. The maximum absolute atomic E-state index is 13.5. The van der Waals surface area contributed by atoms with Gasteiger partial charge in [-0.25, -0.2) is 4.79 Å². The van der Waals surface area contributed by atoms with Crippen LogP contribution < -0.4 is 10.8 Å². The first kappa shape index (κ1) is 36.5. The minimum atomic E-state index is -1.52. The number of hydrogen-bond acceptors (Lipinski definition) is 10. The average molecular weight is 668 g/mol. The number of benzene rings is 2. The predicted molar refractivity (Wildman–Crippen MR) is 177 cm³/mol.